The van der Waals surface area contributed by atoms with E-state index in [1.54, 1.807) is 30.5 Å². The molecule has 4 nitrogen and oxygen atoms in total. The van der Waals surface area contributed by atoms with Crippen molar-refractivity contribution in [2.45, 2.75) is 44.6 Å². The fraction of sp³-hybridized carbons (Fsp3) is 0.400. The second-order valence-electron chi connectivity index (χ2n) is 6.51. The molecule has 132 valence electrons. The van der Waals surface area contributed by atoms with Crippen LogP contribution in [0, 0.1) is 5.82 Å². The Bertz CT molecular complexity index is 696. The number of carbonyl (C=O) groups excluding carboxylic acids is 1. The third kappa shape index (κ3) is 5.02. The molecule has 2 N–H and O–H groups in total. The topological polar surface area (TPSA) is 54.0 Å². The van der Waals surface area contributed by atoms with Crippen LogP contribution in [0.2, 0.25) is 0 Å². The van der Waals surface area contributed by atoms with Crippen LogP contribution in [-0.4, -0.2) is 23.5 Å². The lowest BCUT2D eigenvalue weighted by Gasteiger charge is -2.23. The highest BCUT2D eigenvalue weighted by Crippen LogP contribution is 2.21. The zero-order valence-corrected chi connectivity index (χ0v) is 14.3. The molecule has 5 heteroatoms. The molecule has 1 amide bonds. The summed E-state index contributed by atoms with van der Waals surface area (Å²) in [5.41, 5.74) is 1.93. The first kappa shape index (κ1) is 17.4. The molecule has 0 saturated heterocycles. The van der Waals surface area contributed by atoms with E-state index in [0.29, 0.717) is 30.3 Å². The van der Waals surface area contributed by atoms with Crippen LogP contribution in [0.4, 0.5) is 10.1 Å². The van der Waals surface area contributed by atoms with Crippen molar-refractivity contribution >= 4 is 11.6 Å². The van der Waals surface area contributed by atoms with Gasteiger partial charge in [-0.1, -0.05) is 37.5 Å². The quantitative estimate of drug-likeness (QED) is 0.837. The van der Waals surface area contributed by atoms with Crippen molar-refractivity contribution in [3.63, 3.8) is 0 Å². The van der Waals surface area contributed by atoms with Gasteiger partial charge >= 0.3 is 0 Å². The Morgan fingerprint density at radius 2 is 1.92 bits per heavy atom. The smallest absolute Gasteiger partial charge is 0.269 e. The number of anilines is 1. The van der Waals surface area contributed by atoms with E-state index < -0.39 is 0 Å². The summed E-state index contributed by atoms with van der Waals surface area (Å²) in [7, 11) is 0. The van der Waals surface area contributed by atoms with Crippen molar-refractivity contribution in [2.75, 3.05) is 11.9 Å². The van der Waals surface area contributed by atoms with Gasteiger partial charge in [-0.2, -0.15) is 0 Å². The molecule has 25 heavy (non-hydrogen) atoms. The van der Waals surface area contributed by atoms with Crippen molar-refractivity contribution in [1.82, 2.24) is 10.3 Å². The van der Waals surface area contributed by atoms with Gasteiger partial charge in [0.2, 0.25) is 0 Å². The van der Waals surface area contributed by atoms with Gasteiger partial charge in [0.15, 0.2) is 0 Å². The van der Waals surface area contributed by atoms with Crippen LogP contribution in [0.1, 0.15) is 48.2 Å². The van der Waals surface area contributed by atoms with E-state index >= 15 is 0 Å². The minimum atomic E-state index is -0.243. The van der Waals surface area contributed by atoms with Gasteiger partial charge in [-0.15, -0.1) is 0 Å². The number of pyridine rings is 1. The van der Waals surface area contributed by atoms with Gasteiger partial charge in [0.05, 0.1) is 11.9 Å². The first-order valence-corrected chi connectivity index (χ1v) is 8.96. The number of nitrogens with zero attached hydrogens (tertiary/aromatic N) is 1. The lowest BCUT2D eigenvalue weighted by molar-refractivity contribution is 0.0949. The molecule has 0 unspecified atom stereocenters. The van der Waals surface area contributed by atoms with Gasteiger partial charge in [0.25, 0.3) is 5.91 Å². The van der Waals surface area contributed by atoms with Crippen molar-refractivity contribution in [3.8, 4) is 0 Å². The Morgan fingerprint density at radius 1 is 1.12 bits per heavy atom. The second-order valence-corrected chi connectivity index (χ2v) is 6.51. The molecule has 1 aromatic heterocycles. The summed E-state index contributed by atoms with van der Waals surface area (Å²) in [6, 6.07) is 10.7. The largest absolute Gasteiger partial charge is 0.381 e. The Labute approximate surface area is 147 Å². The molecule has 2 aromatic rings. The highest BCUT2D eigenvalue weighted by Gasteiger charge is 2.13. The van der Waals surface area contributed by atoms with Crippen LogP contribution in [-0.2, 0) is 6.42 Å². The summed E-state index contributed by atoms with van der Waals surface area (Å²) in [5, 5.41) is 6.27. The normalized spacial score (nSPS) is 14.9. The van der Waals surface area contributed by atoms with Crippen molar-refractivity contribution in [3.05, 3.63) is 59.7 Å². The Balaban J connectivity index is 1.48. The Kier molecular flexibility index (Phi) is 5.99. The maximum Gasteiger partial charge on any atom is 0.269 e. The van der Waals surface area contributed by atoms with Crippen LogP contribution in [0.5, 0.6) is 0 Å². The number of carbonyl (C=O) groups is 1. The lowest BCUT2D eigenvalue weighted by Crippen LogP contribution is -2.27. The molecule has 0 aliphatic heterocycles. The molecule has 0 radical (unpaired) electrons. The van der Waals surface area contributed by atoms with Crippen LogP contribution in [0.3, 0.4) is 0 Å². The van der Waals surface area contributed by atoms with E-state index in [-0.39, 0.29) is 11.7 Å². The van der Waals surface area contributed by atoms with Gasteiger partial charge < -0.3 is 10.6 Å². The van der Waals surface area contributed by atoms with E-state index in [4.69, 9.17) is 0 Å². The summed E-state index contributed by atoms with van der Waals surface area (Å²) < 4.78 is 13.5. The molecule has 1 aliphatic carbocycles. The monoisotopic (exact) mass is 341 g/mol. The molecule has 0 atom stereocenters. The predicted molar refractivity (Wildman–Crippen MR) is 97.2 cm³/mol. The van der Waals surface area contributed by atoms with Gasteiger partial charge in [-0.3, -0.25) is 4.79 Å². The third-order valence-corrected chi connectivity index (χ3v) is 4.61. The summed E-state index contributed by atoms with van der Waals surface area (Å²) >= 11 is 0. The van der Waals surface area contributed by atoms with Crippen LogP contribution in [0.15, 0.2) is 42.6 Å². The van der Waals surface area contributed by atoms with Crippen LogP contribution >= 0.6 is 0 Å². The highest BCUT2D eigenvalue weighted by atomic mass is 19.1. The molecule has 1 heterocycles. The Morgan fingerprint density at radius 3 is 2.64 bits per heavy atom. The fourth-order valence-corrected chi connectivity index (χ4v) is 3.20. The fourth-order valence-electron chi connectivity index (χ4n) is 3.20. The van der Waals surface area contributed by atoms with Gasteiger partial charge in [-0.05, 0) is 43.0 Å². The van der Waals surface area contributed by atoms with E-state index in [1.807, 2.05) is 6.07 Å². The second kappa shape index (κ2) is 8.60. The van der Waals surface area contributed by atoms with Gasteiger partial charge in [-0.25, -0.2) is 9.37 Å². The number of halogens is 1. The lowest BCUT2D eigenvalue weighted by atomic mass is 9.95. The number of hydrogen-bond acceptors (Lipinski definition) is 3. The first-order valence-electron chi connectivity index (χ1n) is 8.96. The van der Waals surface area contributed by atoms with Crippen molar-refractivity contribution < 1.29 is 9.18 Å². The molecular formula is C20H24FN3O. The molecular weight excluding hydrogens is 317 g/mol. The molecule has 1 saturated carbocycles. The van der Waals surface area contributed by atoms with Gasteiger partial charge in [0, 0.05) is 12.6 Å². The number of aromatic nitrogens is 1. The molecule has 0 spiro atoms. The summed E-state index contributed by atoms with van der Waals surface area (Å²) in [4.78, 5) is 16.4. The summed E-state index contributed by atoms with van der Waals surface area (Å²) in [6.07, 6.45) is 8.42. The SMILES string of the molecule is O=C(NCCc1ccccc1F)c1ccc(NC2CCCCC2)cn1. The van der Waals surface area contributed by atoms with Crippen molar-refractivity contribution in [1.29, 1.82) is 0 Å². The van der Waals surface area contributed by atoms with E-state index in [9.17, 15) is 9.18 Å². The highest BCUT2D eigenvalue weighted by molar-refractivity contribution is 5.92. The third-order valence-electron chi connectivity index (χ3n) is 4.61. The molecule has 0 bridgehead atoms. The maximum atomic E-state index is 13.5. The van der Waals surface area contributed by atoms with E-state index in [1.165, 1.54) is 38.2 Å². The molecule has 3 rings (SSSR count). The first-order chi connectivity index (χ1) is 12.2. The number of benzene rings is 1. The summed E-state index contributed by atoms with van der Waals surface area (Å²) in [6.45, 7) is 0.378. The molecule has 1 fully saturated rings. The number of amides is 1. The number of rotatable bonds is 6. The van der Waals surface area contributed by atoms with Crippen LogP contribution < -0.4 is 10.6 Å². The molecule has 1 aromatic carbocycles. The summed E-state index contributed by atoms with van der Waals surface area (Å²) in [5.74, 6) is -0.478. The van der Waals surface area contributed by atoms with Crippen LogP contribution in [0.25, 0.3) is 0 Å². The minimum absolute atomic E-state index is 0.236. The van der Waals surface area contributed by atoms with Crippen molar-refractivity contribution in [2.24, 2.45) is 0 Å². The maximum absolute atomic E-state index is 13.5. The number of hydrogen-bond donors (Lipinski definition) is 2. The van der Waals surface area contributed by atoms with Gasteiger partial charge in [0.1, 0.15) is 11.5 Å². The van der Waals surface area contributed by atoms with E-state index in [0.717, 1.165) is 5.69 Å². The zero-order valence-electron chi connectivity index (χ0n) is 14.3. The average Bonchev–Trinajstić information content (AvgIpc) is 2.65. The predicted octanol–water partition coefficient (Wildman–Crippen LogP) is 3.94. The minimum Gasteiger partial charge on any atom is -0.381 e. The number of nitrogens with one attached hydrogen (secondary N) is 2. The average molecular weight is 341 g/mol. The van der Waals surface area contributed by atoms with E-state index in [2.05, 4.69) is 15.6 Å². The molecule has 1 aliphatic rings. The zero-order chi connectivity index (χ0) is 17.5. The standard InChI is InChI=1S/C20H24FN3O/c21-18-9-5-4-6-15(18)12-13-22-20(25)19-11-10-17(14-23-19)24-16-7-2-1-3-8-16/h4-6,9-11,14,16,24H,1-3,7-8,12-13H2,(H,22,25). The Hall–Kier alpha value is -2.43.